The molecule has 3 rings (SSSR count). The van der Waals surface area contributed by atoms with Gasteiger partial charge >= 0.3 is 0 Å². The van der Waals surface area contributed by atoms with E-state index in [1.807, 2.05) is 16.8 Å². The van der Waals surface area contributed by atoms with Crippen molar-refractivity contribution in [3.8, 4) is 0 Å². The molecule has 3 amide bonds. The summed E-state index contributed by atoms with van der Waals surface area (Å²) in [6.07, 6.45) is 3.21. The number of benzene rings is 1. The molecule has 0 aliphatic carbocycles. The Morgan fingerprint density at radius 2 is 1.91 bits per heavy atom. The summed E-state index contributed by atoms with van der Waals surface area (Å²) in [4.78, 5) is 45.7. The number of primary amides is 1. The first kappa shape index (κ1) is 24.3. The molecule has 1 atom stereocenters. The van der Waals surface area contributed by atoms with Gasteiger partial charge in [0.1, 0.15) is 5.82 Å². The molecule has 176 valence electrons. The number of carbonyl (C=O) groups excluding carboxylic acids is 3. The molecule has 0 saturated carbocycles. The molecular formula is C23H29ClN6O3. The van der Waals surface area contributed by atoms with Gasteiger partial charge in [-0.25, -0.2) is 4.98 Å². The Hall–Kier alpha value is -3.33. The molecule has 0 unspecified atom stereocenters. The lowest BCUT2D eigenvalue weighted by atomic mass is 10.0. The third-order valence-electron chi connectivity index (χ3n) is 5.80. The molecule has 33 heavy (non-hydrogen) atoms. The van der Waals surface area contributed by atoms with Crippen LogP contribution < -0.4 is 16.0 Å². The number of nitrogens with zero attached hydrogens (tertiary/aromatic N) is 4. The molecule has 2 heterocycles. The third-order valence-corrected chi connectivity index (χ3v) is 6.11. The molecule has 3 N–H and O–H groups in total. The minimum absolute atomic E-state index is 0.0355. The predicted octanol–water partition coefficient (Wildman–Crippen LogP) is 2.73. The van der Waals surface area contributed by atoms with Crippen LogP contribution in [0.15, 0.2) is 30.5 Å². The van der Waals surface area contributed by atoms with Gasteiger partial charge in [0, 0.05) is 65.1 Å². The largest absolute Gasteiger partial charge is 0.369 e. The summed E-state index contributed by atoms with van der Waals surface area (Å²) in [6, 6.07) is 6.83. The molecule has 1 aliphatic rings. The SMILES string of the molecule is CC(=O)N1CCC[C@@H](N(C)c2cc(Nc3ccc(C(=O)N(C)C)c(Cl)c3)ncc2C(N)=O)C1. The van der Waals surface area contributed by atoms with Crippen LogP contribution in [0.25, 0.3) is 0 Å². The number of anilines is 3. The Balaban J connectivity index is 1.87. The summed E-state index contributed by atoms with van der Waals surface area (Å²) < 4.78 is 0. The van der Waals surface area contributed by atoms with Gasteiger partial charge in [-0.05, 0) is 31.0 Å². The highest BCUT2D eigenvalue weighted by molar-refractivity contribution is 6.34. The number of hydrogen-bond donors (Lipinski definition) is 2. The number of aromatic nitrogens is 1. The van der Waals surface area contributed by atoms with Crippen molar-refractivity contribution in [1.29, 1.82) is 0 Å². The van der Waals surface area contributed by atoms with E-state index in [4.69, 9.17) is 17.3 Å². The molecule has 1 aromatic heterocycles. The number of piperidine rings is 1. The summed E-state index contributed by atoms with van der Waals surface area (Å²) in [5.41, 5.74) is 7.57. The quantitative estimate of drug-likeness (QED) is 0.668. The second-order valence-corrected chi connectivity index (χ2v) is 8.75. The number of nitrogens with two attached hydrogens (primary N) is 1. The molecule has 2 aromatic rings. The van der Waals surface area contributed by atoms with Crippen LogP contribution in [0.3, 0.4) is 0 Å². The number of rotatable bonds is 6. The van der Waals surface area contributed by atoms with Gasteiger partial charge in [-0.15, -0.1) is 0 Å². The van der Waals surface area contributed by atoms with Gasteiger partial charge in [0.2, 0.25) is 5.91 Å². The maximum atomic E-state index is 12.2. The van der Waals surface area contributed by atoms with Crippen molar-refractivity contribution in [3.63, 3.8) is 0 Å². The second-order valence-electron chi connectivity index (χ2n) is 8.34. The Morgan fingerprint density at radius 1 is 1.18 bits per heavy atom. The molecule has 1 saturated heterocycles. The fourth-order valence-corrected chi connectivity index (χ4v) is 4.16. The van der Waals surface area contributed by atoms with E-state index in [2.05, 4.69) is 10.3 Å². The van der Waals surface area contributed by atoms with E-state index in [1.54, 1.807) is 45.3 Å². The summed E-state index contributed by atoms with van der Waals surface area (Å²) in [6.45, 7) is 2.87. The normalized spacial score (nSPS) is 15.7. The zero-order valence-corrected chi connectivity index (χ0v) is 20.0. The summed E-state index contributed by atoms with van der Waals surface area (Å²) in [7, 11) is 5.21. The molecule has 1 fully saturated rings. The topological polar surface area (TPSA) is 112 Å². The zero-order valence-electron chi connectivity index (χ0n) is 19.3. The van der Waals surface area contributed by atoms with Gasteiger partial charge in [0.15, 0.2) is 0 Å². The third kappa shape index (κ3) is 5.54. The van der Waals surface area contributed by atoms with Crippen molar-refractivity contribution < 1.29 is 14.4 Å². The highest BCUT2D eigenvalue weighted by Gasteiger charge is 2.27. The van der Waals surface area contributed by atoms with E-state index in [0.717, 1.165) is 19.4 Å². The lowest BCUT2D eigenvalue weighted by Crippen LogP contribution is -2.48. The minimum Gasteiger partial charge on any atom is -0.369 e. The first-order chi connectivity index (χ1) is 15.6. The van der Waals surface area contributed by atoms with E-state index in [-0.39, 0.29) is 17.9 Å². The number of likely N-dealkylation sites (tertiary alicyclic amines) is 1. The number of hydrogen-bond acceptors (Lipinski definition) is 6. The summed E-state index contributed by atoms with van der Waals surface area (Å²) in [5, 5.41) is 3.48. The van der Waals surface area contributed by atoms with Crippen LogP contribution >= 0.6 is 11.6 Å². The van der Waals surface area contributed by atoms with Crippen molar-refractivity contribution in [2.75, 3.05) is 44.4 Å². The lowest BCUT2D eigenvalue weighted by Gasteiger charge is -2.38. The van der Waals surface area contributed by atoms with E-state index in [9.17, 15) is 14.4 Å². The average Bonchev–Trinajstić information content (AvgIpc) is 2.78. The predicted molar refractivity (Wildman–Crippen MR) is 129 cm³/mol. The van der Waals surface area contributed by atoms with Gasteiger partial charge in [-0.3, -0.25) is 14.4 Å². The van der Waals surface area contributed by atoms with E-state index in [1.165, 1.54) is 11.1 Å². The van der Waals surface area contributed by atoms with E-state index in [0.29, 0.717) is 39.9 Å². The van der Waals surface area contributed by atoms with Gasteiger partial charge in [-0.1, -0.05) is 11.6 Å². The molecule has 9 nitrogen and oxygen atoms in total. The van der Waals surface area contributed by atoms with Gasteiger partial charge < -0.3 is 25.8 Å². The van der Waals surface area contributed by atoms with Crippen LogP contribution in [0.4, 0.5) is 17.2 Å². The van der Waals surface area contributed by atoms with Crippen LogP contribution in [0.2, 0.25) is 5.02 Å². The standard InChI is InChI=1S/C23H29ClN6O3/c1-14(31)30-9-5-6-16(13-30)29(4)20-11-21(26-12-18(20)22(25)32)27-15-7-8-17(19(24)10-15)23(33)28(2)3/h7-8,10-12,16H,5-6,9,13H2,1-4H3,(H2,25,32)(H,26,27)/t16-/m1/s1. The maximum absolute atomic E-state index is 12.2. The minimum atomic E-state index is -0.579. The molecule has 10 heteroatoms. The molecular weight excluding hydrogens is 444 g/mol. The number of amides is 3. The monoisotopic (exact) mass is 472 g/mol. The molecule has 0 radical (unpaired) electrons. The highest BCUT2D eigenvalue weighted by Crippen LogP contribution is 2.29. The van der Waals surface area contributed by atoms with E-state index < -0.39 is 5.91 Å². The van der Waals surface area contributed by atoms with E-state index >= 15 is 0 Å². The number of likely N-dealkylation sites (N-methyl/N-ethyl adjacent to an activating group) is 1. The maximum Gasteiger partial charge on any atom is 0.254 e. The van der Waals surface area contributed by atoms with Crippen LogP contribution in [-0.4, -0.2) is 72.8 Å². The van der Waals surface area contributed by atoms with Crippen molar-refractivity contribution in [1.82, 2.24) is 14.8 Å². The number of halogens is 1. The van der Waals surface area contributed by atoms with Gasteiger partial charge in [-0.2, -0.15) is 0 Å². The van der Waals surface area contributed by atoms with Gasteiger partial charge in [0.05, 0.1) is 21.8 Å². The number of carbonyl (C=O) groups is 3. The van der Waals surface area contributed by atoms with Crippen molar-refractivity contribution in [3.05, 3.63) is 46.6 Å². The van der Waals surface area contributed by atoms with Crippen LogP contribution in [-0.2, 0) is 4.79 Å². The first-order valence-electron chi connectivity index (χ1n) is 10.6. The fraction of sp³-hybridized carbons (Fsp3) is 0.391. The molecule has 1 aromatic carbocycles. The summed E-state index contributed by atoms with van der Waals surface area (Å²) in [5.74, 6) is -0.242. The summed E-state index contributed by atoms with van der Waals surface area (Å²) >= 11 is 6.31. The van der Waals surface area contributed by atoms with Crippen molar-refractivity contribution in [2.24, 2.45) is 5.73 Å². The smallest absolute Gasteiger partial charge is 0.254 e. The Morgan fingerprint density at radius 3 is 2.52 bits per heavy atom. The highest BCUT2D eigenvalue weighted by atomic mass is 35.5. The lowest BCUT2D eigenvalue weighted by molar-refractivity contribution is -0.129. The van der Waals surface area contributed by atoms with Crippen LogP contribution in [0.1, 0.15) is 40.5 Å². The molecule has 0 bridgehead atoms. The van der Waals surface area contributed by atoms with Crippen LogP contribution in [0.5, 0.6) is 0 Å². The first-order valence-corrected chi connectivity index (χ1v) is 11.0. The number of nitrogens with one attached hydrogen (secondary N) is 1. The van der Waals surface area contributed by atoms with Crippen molar-refractivity contribution in [2.45, 2.75) is 25.8 Å². The Labute approximate surface area is 198 Å². The average molecular weight is 473 g/mol. The van der Waals surface area contributed by atoms with Gasteiger partial charge in [0.25, 0.3) is 11.8 Å². The second kappa shape index (κ2) is 10.1. The fourth-order valence-electron chi connectivity index (χ4n) is 3.90. The zero-order chi connectivity index (χ0) is 24.3. The number of pyridine rings is 1. The Kier molecular flexibility index (Phi) is 7.43. The van der Waals surface area contributed by atoms with Crippen molar-refractivity contribution >= 4 is 46.5 Å². The molecule has 0 spiro atoms. The Bertz CT molecular complexity index is 1070. The van der Waals surface area contributed by atoms with Crippen LogP contribution in [0, 0.1) is 0 Å². The molecule has 1 aliphatic heterocycles.